The van der Waals surface area contributed by atoms with Crippen LogP contribution in [-0.2, 0) is 0 Å². The zero-order valence-electron chi connectivity index (χ0n) is 16.0. The fraction of sp³-hybridized carbons (Fsp3) is 0.364. The largest absolute Gasteiger partial charge is 0.494 e. The maximum atomic E-state index is 12.4. The SMILES string of the molecule is CC(C)CCOc1ccc(C(=O)NN=C(c2ccccc2)C(C)C)cc1. The Morgan fingerprint density at radius 3 is 2.19 bits per heavy atom. The monoisotopic (exact) mass is 352 g/mol. The van der Waals surface area contributed by atoms with Crippen LogP contribution in [0.2, 0.25) is 0 Å². The third kappa shape index (κ3) is 6.03. The maximum Gasteiger partial charge on any atom is 0.271 e. The number of hydrogen-bond donors (Lipinski definition) is 1. The predicted octanol–water partition coefficient (Wildman–Crippen LogP) is 4.90. The van der Waals surface area contributed by atoms with Crippen molar-refractivity contribution in [1.82, 2.24) is 5.43 Å². The molecule has 4 nitrogen and oxygen atoms in total. The predicted molar refractivity (Wildman–Crippen MR) is 107 cm³/mol. The topological polar surface area (TPSA) is 50.7 Å². The number of hydrogen-bond acceptors (Lipinski definition) is 3. The van der Waals surface area contributed by atoms with E-state index < -0.39 is 0 Å². The van der Waals surface area contributed by atoms with Gasteiger partial charge < -0.3 is 4.74 Å². The van der Waals surface area contributed by atoms with Gasteiger partial charge in [-0.1, -0.05) is 58.0 Å². The van der Waals surface area contributed by atoms with Gasteiger partial charge in [-0.15, -0.1) is 0 Å². The molecule has 0 fully saturated rings. The van der Waals surface area contributed by atoms with Crippen molar-refractivity contribution in [2.24, 2.45) is 16.9 Å². The standard InChI is InChI=1S/C22H28N2O2/c1-16(2)14-15-26-20-12-10-19(11-13-20)22(25)24-23-21(17(3)4)18-8-6-5-7-9-18/h5-13,16-17H,14-15H2,1-4H3,(H,24,25). The molecule has 0 unspecified atom stereocenters. The Morgan fingerprint density at radius 2 is 1.62 bits per heavy atom. The molecular formula is C22H28N2O2. The van der Waals surface area contributed by atoms with Crippen LogP contribution < -0.4 is 10.2 Å². The summed E-state index contributed by atoms with van der Waals surface area (Å²) in [5.41, 5.74) is 5.09. The van der Waals surface area contributed by atoms with Crippen LogP contribution in [0.15, 0.2) is 59.7 Å². The molecule has 0 aliphatic rings. The lowest BCUT2D eigenvalue weighted by molar-refractivity contribution is 0.0954. The molecule has 0 spiro atoms. The summed E-state index contributed by atoms with van der Waals surface area (Å²) < 4.78 is 5.68. The van der Waals surface area contributed by atoms with E-state index in [0.29, 0.717) is 18.1 Å². The quantitative estimate of drug-likeness (QED) is 0.542. The van der Waals surface area contributed by atoms with Crippen molar-refractivity contribution >= 4 is 11.6 Å². The van der Waals surface area contributed by atoms with Gasteiger partial charge in [-0.05, 0) is 48.1 Å². The zero-order chi connectivity index (χ0) is 18.9. The van der Waals surface area contributed by atoms with Gasteiger partial charge in [0.1, 0.15) is 5.75 Å². The molecule has 138 valence electrons. The molecule has 2 aromatic rings. The fourth-order valence-corrected chi connectivity index (χ4v) is 2.43. The van der Waals surface area contributed by atoms with E-state index in [0.717, 1.165) is 23.4 Å². The molecule has 0 bridgehead atoms. The Morgan fingerprint density at radius 1 is 0.962 bits per heavy atom. The first-order valence-corrected chi connectivity index (χ1v) is 9.13. The van der Waals surface area contributed by atoms with Gasteiger partial charge in [0.15, 0.2) is 0 Å². The second-order valence-corrected chi connectivity index (χ2v) is 7.01. The number of benzene rings is 2. The van der Waals surface area contributed by atoms with Gasteiger partial charge in [-0.2, -0.15) is 5.10 Å². The summed E-state index contributed by atoms with van der Waals surface area (Å²) in [5, 5.41) is 4.35. The van der Waals surface area contributed by atoms with Gasteiger partial charge in [0.25, 0.3) is 5.91 Å². The van der Waals surface area contributed by atoms with Gasteiger partial charge in [0.05, 0.1) is 12.3 Å². The summed E-state index contributed by atoms with van der Waals surface area (Å²) in [6, 6.07) is 17.0. The third-order valence-electron chi connectivity index (χ3n) is 3.97. The molecule has 0 atom stereocenters. The molecule has 4 heteroatoms. The van der Waals surface area contributed by atoms with Crippen molar-refractivity contribution in [2.45, 2.75) is 34.1 Å². The van der Waals surface area contributed by atoms with Crippen LogP contribution >= 0.6 is 0 Å². The molecule has 0 heterocycles. The molecule has 0 radical (unpaired) electrons. The Kier molecular flexibility index (Phi) is 7.39. The van der Waals surface area contributed by atoms with E-state index >= 15 is 0 Å². The van der Waals surface area contributed by atoms with Crippen LogP contribution in [0, 0.1) is 11.8 Å². The summed E-state index contributed by atoms with van der Waals surface area (Å²) in [7, 11) is 0. The van der Waals surface area contributed by atoms with Crippen molar-refractivity contribution in [1.29, 1.82) is 0 Å². The first kappa shape index (κ1) is 19.7. The number of rotatable bonds is 8. The van der Waals surface area contributed by atoms with Crippen LogP contribution in [0.3, 0.4) is 0 Å². The average molecular weight is 352 g/mol. The van der Waals surface area contributed by atoms with E-state index in [-0.39, 0.29) is 11.8 Å². The lowest BCUT2D eigenvalue weighted by atomic mass is 10.0. The smallest absolute Gasteiger partial charge is 0.271 e. The number of carbonyl (C=O) groups is 1. The third-order valence-corrected chi connectivity index (χ3v) is 3.97. The highest BCUT2D eigenvalue weighted by Crippen LogP contribution is 2.14. The van der Waals surface area contributed by atoms with Crippen LogP contribution in [0.1, 0.15) is 50.0 Å². The van der Waals surface area contributed by atoms with E-state index in [9.17, 15) is 4.79 Å². The Balaban J connectivity index is 2.00. The van der Waals surface area contributed by atoms with Crippen molar-refractivity contribution in [3.05, 3.63) is 65.7 Å². The first-order valence-electron chi connectivity index (χ1n) is 9.13. The molecule has 1 N–H and O–H groups in total. The second-order valence-electron chi connectivity index (χ2n) is 7.01. The van der Waals surface area contributed by atoms with Crippen molar-refractivity contribution in [2.75, 3.05) is 6.61 Å². The number of amides is 1. The number of ether oxygens (including phenoxy) is 1. The van der Waals surface area contributed by atoms with Gasteiger partial charge in [0.2, 0.25) is 0 Å². The van der Waals surface area contributed by atoms with Crippen LogP contribution in [-0.4, -0.2) is 18.2 Å². The molecular weight excluding hydrogens is 324 g/mol. The van der Waals surface area contributed by atoms with Crippen molar-refractivity contribution in [3.63, 3.8) is 0 Å². The fourth-order valence-electron chi connectivity index (χ4n) is 2.43. The molecule has 0 saturated carbocycles. The van der Waals surface area contributed by atoms with Crippen molar-refractivity contribution < 1.29 is 9.53 Å². The molecule has 0 aliphatic carbocycles. The van der Waals surface area contributed by atoms with Gasteiger partial charge in [0, 0.05) is 5.56 Å². The summed E-state index contributed by atoms with van der Waals surface area (Å²) >= 11 is 0. The number of nitrogens with one attached hydrogen (secondary N) is 1. The molecule has 2 aromatic carbocycles. The Labute approximate surface area is 156 Å². The normalized spacial score (nSPS) is 11.7. The average Bonchev–Trinajstić information content (AvgIpc) is 2.62. The van der Waals surface area contributed by atoms with E-state index in [1.807, 2.05) is 42.5 Å². The maximum absolute atomic E-state index is 12.4. The highest BCUT2D eigenvalue weighted by Gasteiger charge is 2.10. The van der Waals surface area contributed by atoms with Gasteiger partial charge in [-0.3, -0.25) is 4.79 Å². The summed E-state index contributed by atoms with van der Waals surface area (Å²) in [6.07, 6.45) is 1.01. The molecule has 0 aliphatic heterocycles. The lowest BCUT2D eigenvalue weighted by Gasteiger charge is -2.11. The zero-order valence-corrected chi connectivity index (χ0v) is 16.0. The summed E-state index contributed by atoms with van der Waals surface area (Å²) in [4.78, 5) is 12.4. The van der Waals surface area contributed by atoms with E-state index in [4.69, 9.17) is 4.74 Å². The molecule has 0 aromatic heterocycles. The lowest BCUT2D eigenvalue weighted by Crippen LogP contribution is -2.22. The Bertz CT molecular complexity index is 720. The molecule has 26 heavy (non-hydrogen) atoms. The minimum atomic E-state index is -0.229. The van der Waals surface area contributed by atoms with Gasteiger partial charge >= 0.3 is 0 Å². The second kappa shape index (κ2) is 9.76. The Hall–Kier alpha value is -2.62. The van der Waals surface area contributed by atoms with E-state index in [1.54, 1.807) is 12.1 Å². The van der Waals surface area contributed by atoms with E-state index in [1.165, 1.54) is 0 Å². The minimum Gasteiger partial charge on any atom is -0.494 e. The number of nitrogens with zero attached hydrogens (tertiary/aromatic N) is 1. The highest BCUT2D eigenvalue weighted by atomic mass is 16.5. The molecule has 0 saturated heterocycles. The number of carbonyl (C=O) groups excluding carboxylic acids is 1. The molecule has 1 amide bonds. The van der Waals surface area contributed by atoms with Gasteiger partial charge in [-0.25, -0.2) is 5.43 Å². The first-order chi connectivity index (χ1) is 12.5. The van der Waals surface area contributed by atoms with Crippen LogP contribution in [0.4, 0.5) is 0 Å². The highest BCUT2D eigenvalue weighted by molar-refractivity contribution is 6.03. The van der Waals surface area contributed by atoms with E-state index in [2.05, 4.69) is 38.2 Å². The number of hydrazone groups is 1. The minimum absolute atomic E-state index is 0.203. The summed E-state index contributed by atoms with van der Waals surface area (Å²) in [5.74, 6) is 1.36. The van der Waals surface area contributed by atoms with Crippen LogP contribution in [0.5, 0.6) is 5.75 Å². The van der Waals surface area contributed by atoms with Crippen molar-refractivity contribution in [3.8, 4) is 5.75 Å². The summed E-state index contributed by atoms with van der Waals surface area (Å²) in [6.45, 7) is 9.13. The molecule has 2 rings (SSSR count). The van der Waals surface area contributed by atoms with Crippen LogP contribution in [0.25, 0.3) is 0 Å².